The predicted octanol–water partition coefficient (Wildman–Crippen LogP) is 1.52. The average Bonchev–Trinajstić information content (AvgIpc) is 2.91. The topological polar surface area (TPSA) is 68.2 Å². The summed E-state index contributed by atoms with van der Waals surface area (Å²) in [5.41, 5.74) is 2.94. The van der Waals surface area contributed by atoms with E-state index < -0.39 is 0 Å². The summed E-state index contributed by atoms with van der Waals surface area (Å²) in [5, 5.41) is 10.8. The first-order chi connectivity index (χ1) is 11.1. The van der Waals surface area contributed by atoms with E-state index in [1.54, 1.807) is 7.05 Å². The molecule has 0 radical (unpaired) electrons. The fourth-order valence-electron chi connectivity index (χ4n) is 3.12. The van der Waals surface area contributed by atoms with Crippen LogP contribution in [0.4, 0.5) is 0 Å². The smallest absolute Gasteiger partial charge is 0.271 e. The molecule has 0 saturated heterocycles. The molecule has 1 heterocycles. The van der Waals surface area contributed by atoms with Crippen LogP contribution in [0.5, 0.6) is 0 Å². The van der Waals surface area contributed by atoms with Crippen LogP contribution in [0.2, 0.25) is 0 Å². The van der Waals surface area contributed by atoms with Gasteiger partial charge in [-0.25, -0.2) is 0 Å². The Labute approximate surface area is 139 Å². The molecule has 0 aromatic carbocycles. The Morgan fingerprint density at radius 1 is 1.48 bits per heavy atom. The highest BCUT2D eigenvalue weighted by Crippen LogP contribution is 2.25. The minimum absolute atomic E-state index is 0.0839. The predicted molar refractivity (Wildman–Crippen MR) is 90.8 cm³/mol. The van der Waals surface area contributed by atoms with Gasteiger partial charge in [0.1, 0.15) is 0 Å². The van der Waals surface area contributed by atoms with E-state index in [-0.39, 0.29) is 5.91 Å². The highest BCUT2D eigenvalue weighted by Gasteiger charge is 2.28. The number of rotatable bonds is 8. The van der Waals surface area contributed by atoms with E-state index in [2.05, 4.69) is 36.5 Å². The van der Waals surface area contributed by atoms with Gasteiger partial charge in [-0.3, -0.25) is 9.48 Å². The van der Waals surface area contributed by atoms with Crippen molar-refractivity contribution in [1.29, 1.82) is 0 Å². The number of fused-ring (bicyclic) bond motifs is 1. The molecule has 0 spiro atoms. The average molecular weight is 322 g/mol. The molecule has 2 N–H and O–H groups in total. The molecule has 1 aromatic heterocycles. The summed E-state index contributed by atoms with van der Waals surface area (Å²) in [5.74, 6) is -0.0839. The van der Waals surface area contributed by atoms with Crippen LogP contribution in [0.25, 0.3) is 0 Å². The van der Waals surface area contributed by atoms with Gasteiger partial charge in [-0.15, -0.1) is 0 Å². The Morgan fingerprint density at radius 2 is 2.26 bits per heavy atom. The molecule has 1 amide bonds. The van der Waals surface area contributed by atoms with Crippen LogP contribution in [0, 0.1) is 0 Å². The Hall–Kier alpha value is -1.40. The minimum atomic E-state index is -0.0839. The molecule has 1 atom stereocenters. The number of aryl methyl sites for hydroxylation is 1. The maximum atomic E-state index is 12.1. The molecule has 0 saturated carbocycles. The van der Waals surface area contributed by atoms with Gasteiger partial charge in [-0.1, -0.05) is 0 Å². The lowest BCUT2D eigenvalue weighted by molar-refractivity contribution is 0.0766. The quantitative estimate of drug-likeness (QED) is 0.712. The van der Waals surface area contributed by atoms with Gasteiger partial charge in [0.05, 0.1) is 6.10 Å². The second-order valence-electron chi connectivity index (χ2n) is 6.34. The normalized spacial score (nSPS) is 17.3. The van der Waals surface area contributed by atoms with E-state index in [1.165, 1.54) is 5.69 Å². The summed E-state index contributed by atoms with van der Waals surface area (Å²) in [6.45, 7) is 8.73. The molecular formula is C17H30N4O2. The van der Waals surface area contributed by atoms with Gasteiger partial charge in [-0.05, 0) is 53.0 Å². The molecule has 0 fully saturated rings. The van der Waals surface area contributed by atoms with E-state index in [0.717, 1.165) is 50.9 Å². The number of nitrogens with zero attached hydrogens (tertiary/aromatic N) is 2. The Bertz CT molecular complexity index is 525. The monoisotopic (exact) mass is 322 g/mol. The Morgan fingerprint density at radius 3 is 2.91 bits per heavy atom. The van der Waals surface area contributed by atoms with Gasteiger partial charge < -0.3 is 15.4 Å². The van der Waals surface area contributed by atoms with Crippen LogP contribution in [0.15, 0.2) is 0 Å². The summed E-state index contributed by atoms with van der Waals surface area (Å²) < 4.78 is 7.54. The fourth-order valence-corrected chi connectivity index (χ4v) is 3.12. The molecule has 1 aromatic rings. The molecule has 1 aliphatic carbocycles. The van der Waals surface area contributed by atoms with Crippen molar-refractivity contribution in [3.63, 3.8) is 0 Å². The highest BCUT2D eigenvalue weighted by atomic mass is 16.5. The van der Waals surface area contributed by atoms with Crippen LogP contribution in [-0.4, -0.2) is 48.0 Å². The van der Waals surface area contributed by atoms with E-state index in [9.17, 15) is 4.79 Å². The van der Waals surface area contributed by atoms with E-state index in [1.807, 2.05) is 4.68 Å². The molecule has 0 aliphatic heterocycles. The van der Waals surface area contributed by atoms with Crippen molar-refractivity contribution >= 4 is 5.91 Å². The summed E-state index contributed by atoms with van der Waals surface area (Å²) in [7, 11) is 1.66. The third-order valence-electron chi connectivity index (χ3n) is 4.29. The summed E-state index contributed by atoms with van der Waals surface area (Å²) in [6, 6.07) is 0.416. The van der Waals surface area contributed by atoms with Gasteiger partial charge >= 0.3 is 0 Å². The first kappa shape index (κ1) is 17.9. The van der Waals surface area contributed by atoms with Gasteiger partial charge in [0.2, 0.25) is 0 Å². The molecule has 2 rings (SSSR count). The zero-order valence-corrected chi connectivity index (χ0v) is 14.8. The molecule has 130 valence electrons. The third kappa shape index (κ3) is 4.54. The lowest BCUT2D eigenvalue weighted by Gasteiger charge is -2.24. The summed E-state index contributed by atoms with van der Waals surface area (Å²) >= 11 is 0. The number of amides is 1. The first-order valence-corrected chi connectivity index (χ1v) is 8.72. The maximum absolute atomic E-state index is 12.1. The van der Waals surface area contributed by atoms with Gasteiger partial charge in [0, 0.05) is 37.5 Å². The zero-order valence-electron chi connectivity index (χ0n) is 14.8. The molecule has 6 heteroatoms. The van der Waals surface area contributed by atoms with Crippen molar-refractivity contribution in [3.05, 3.63) is 17.0 Å². The summed E-state index contributed by atoms with van der Waals surface area (Å²) in [4.78, 5) is 12.1. The van der Waals surface area contributed by atoms with Gasteiger partial charge in [0.15, 0.2) is 5.69 Å². The number of hydrogen-bond acceptors (Lipinski definition) is 4. The van der Waals surface area contributed by atoms with Crippen molar-refractivity contribution in [2.75, 3.05) is 20.2 Å². The number of hydrogen-bond donors (Lipinski definition) is 2. The van der Waals surface area contributed by atoms with E-state index >= 15 is 0 Å². The number of aromatic nitrogens is 2. The lowest BCUT2D eigenvalue weighted by Crippen LogP contribution is -2.36. The molecule has 23 heavy (non-hydrogen) atoms. The maximum Gasteiger partial charge on any atom is 0.271 e. The van der Waals surface area contributed by atoms with Crippen molar-refractivity contribution in [2.45, 2.75) is 65.1 Å². The van der Waals surface area contributed by atoms with E-state index in [4.69, 9.17) is 4.74 Å². The second kappa shape index (κ2) is 8.45. The van der Waals surface area contributed by atoms with Gasteiger partial charge in [-0.2, -0.15) is 5.10 Å². The number of ether oxygens (including phenoxy) is 1. The standard InChI is InChI=1S/C17H30N4O2/c1-5-21-15-8-7-13(19-9-6-10-23-12(2)3)11-14(15)16(20-21)17(22)18-4/h12-13,19H,5-11H2,1-4H3,(H,18,22). The van der Waals surface area contributed by atoms with Crippen molar-refractivity contribution < 1.29 is 9.53 Å². The first-order valence-electron chi connectivity index (χ1n) is 8.72. The molecule has 0 bridgehead atoms. The van der Waals surface area contributed by atoms with Crippen LogP contribution in [-0.2, 0) is 24.1 Å². The number of carbonyl (C=O) groups is 1. The minimum Gasteiger partial charge on any atom is -0.379 e. The highest BCUT2D eigenvalue weighted by molar-refractivity contribution is 5.93. The van der Waals surface area contributed by atoms with Crippen LogP contribution < -0.4 is 10.6 Å². The van der Waals surface area contributed by atoms with Crippen LogP contribution >= 0.6 is 0 Å². The fraction of sp³-hybridized carbons (Fsp3) is 0.765. The third-order valence-corrected chi connectivity index (χ3v) is 4.29. The van der Waals surface area contributed by atoms with Crippen LogP contribution in [0.3, 0.4) is 0 Å². The summed E-state index contributed by atoms with van der Waals surface area (Å²) in [6.07, 6.45) is 4.26. The number of nitrogens with one attached hydrogen (secondary N) is 2. The SMILES string of the molecule is CCn1nc(C(=O)NC)c2c1CCC(NCCCOC(C)C)C2. The zero-order chi connectivity index (χ0) is 16.8. The largest absolute Gasteiger partial charge is 0.379 e. The van der Waals surface area contributed by atoms with E-state index in [0.29, 0.717) is 17.8 Å². The van der Waals surface area contributed by atoms with Crippen molar-refractivity contribution in [1.82, 2.24) is 20.4 Å². The second-order valence-corrected chi connectivity index (χ2v) is 6.34. The van der Waals surface area contributed by atoms with Crippen molar-refractivity contribution in [2.24, 2.45) is 0 Å². The number of carbonyl (C=O) groups excluding carboxylic acids is 1. The molecule has 6 nitrogen and oxygen atoms in total. The van der Waals surface area contributed by atoms with Crippen LogP contribution in [0.1, 0.15) is 55.4 Å². The molecule has 1 aliphatic rings. The Balaban J connectivity index is 1.94. The van der Waals surface area contributed by atoms with Gasteiger partial charge in [0.25, 0.3) is 5.91 Å². The molecule has 1 unspecified atom stereocenters. The molecular weight excluding hydrogens is 292 g/mol. The van der Waals surface area contributed by atoms with Crippen molar-refractivity contribution in [3.8, 4) is 0 Å². The lowest BCUT2D eigenvalue weighted by atomic mass is 9.91. The Kier molecular flexibility index (Phi) is 6.59.